The lowest BCUT2D eigenvalue weighted by atomic mass is 10.1. The van der Waals surface area contributed by atoms with Crippen LogP contribution >= 0.6 is 22.6 Å². The molecule has 0 spiro atoms. The molecular weight excluding hydrogens is 337 g/mol. The van der Waals surface area contributed by atoms with Crippen molar-refractivity contribution in [3.05, 3.63) is 27.6 Å². The lowest BCUT2D eigenvalue weighted by Crippen LogP contribution is -2.08. The topological polar surface area (TPSA) is 66.1 Å². The number of nitriles is 1. The zero-order valence-corrected chi connectivity index (χ0v) is 11.4. The summed E-state index contributed by atoms with van der Waals surface area (Å²) in [5.74, 6) is 0.525. The van der Waals surface area contributed by atoms with E-state index in [2.05, 4.69) is 31.9 Å². The van der Waals surface area contributed by atoms with Crippen molar-refractivity contribution in [3.63, 3.8) is 0 Å². The molecule has 0 N–H and O–H groups in total. The van der Waals surface area contributed by atoms with Crippen LogP contribution in [0.2, 0.25) is 0 Å². The Morgan fingerprint density at radius 1 is 1.62 bits per heavy atom. The van der Waals surface area contributed by atoms with Crippen LogP contribution in [0, 0.1) is 15.2 Å². The van der Waals surface area contributed by atoms with Gasteiger partial charge in [-0.05, 0) is 47.1 Å². The molecule has 1 aromatic rings. The SMILES string of the molecule is N#CN=S1(=O)CCCC1c1ccc(I)nc1. The lowest BCUT2D eigenvalue weighted by molar-refractivity contribution is 0.672. The van der Waals surface area contributed by atoms with Gasteiger partial charge in [0.2, 0.25) is 6.19 Å². The minimum absolute atomic E-state index is 0.128. The van der Waals surface area contributed by atoms with E-state index in [0.717, 1.165) is 22.1 Å². The van der Waals surface area contributed by atoms with Crippen LogP contribution in [0.25, 0.3) is 0 Å². The number of nitrogens with zero attached hydrogens (tertiary/aromatic N) is 3. The van der Waals surface area contributed by atoms with Gasteiger partial charge < -0.3 is 0 Å². The van der Waals surface area contributed by atoms with Crippen molar-refractivity contribution in [1.29, 1.82) is 5.26 Å². The fourth-order valence-electron chi connectivity index (χ4n) is 1.94. The largest absolute Gasteiger partial charge is 0.250 e. The van der Waals surface area contributed by atoms with Crippen molar-refractivity contribution < 1.29 is 4.21 Å². The first kappa shape index (κ1) is 11.8. The molecule has 2 atom stereocenters. The average Bonchev–Trinajstić information content (AvgIpc) is 2.62. The number of rotatable bonds is 1. The van der Waals surface area contributed by atoms with E-state index in [-0.39, 0.29) is 5.25 Å². The molecule has 0 saturated carbocycles. The van der Waals surface area contributed by atoms with Gasteiger partial charge in [-0.15, -0.1) is 4.36 Å². The molecular formula is C10H10IN3OS. The van der Waals surface area contributed by atoms with E-state index in [9.17, 15) is 4.21 Å². The van der Waals surface area contributed by atoms with E-state index < -0.39 is 9.73 Å². The molecule has 0 amide bonds. The summed E-state index contributed by atoms with van der Waals surface area (Å²) in [4.78, 5) is 4.19. The van der Waals surface area contributed by atoms with Crippen LogP contribution in [0.1, 0.15) is 23.7 Å². The molecule has 2 rings (SSSR count). The maximum absolute atomic E-state index is 12.4. The van der Waals surface area contributed by atoms with Crippen LogP contribution in [0.15, 0.2) is 22.7 Å². The van der Waals surface area contributed by atoms with Gasteiger partial charge in [0.25, 0.3) is 0 Å². The lowest BCUT2D eigenvalue weighted by Gasteiger charge is -2.11. The molecule has 6 heteroatoms. The molecule has 0 bridgehead atoms. The smallest absolute Gasteiger partial charge is 0.214 e. The molecule has 2 heterocycles. The third kappa shape index (κ3) is 2.20. The fraction of sp³-hybridized carbons (Fsp3) is 0.400. The Labute approximate surface area is 108 Å². The Balaban J connectivity index is 2.42. The number of halogens is 1. The monoisotopic (exact) mass is 347 g/mol. The van der Waals surface area contributed by atoms with E-state index in [1.165, 1.54) is 0 Å². The van der Waals surface area contributed by atoms with Crippen LogP contribution in [-0.4, -0.2) is 14.9 Å². The molecule has 84 valence electrons. The van der Waals surface area contributed by atoms with Crippen LogP contribution in [-0.2, 0) is 9.73 Å². The summed E-state index contributed by atoms with van der Waals surface area (Å²) in [6.45, 7) is 0. The van der Waals surface area contributed by atoms with Crippen molar-refractivity contribution in [3.8, 4) is 6.19 Å². The minimum atomic E-state index is -2.39. The first-order chi connectivity index (χ1) is 7.65. The highest BCUT2D eigenvalue weighted by atomic mass is 127. The van der Waals surface area contributed by atoms with Crippen LogP contribution in [0.3, 0.4) is 0 Å². The summed E-state index contributed by atoms with van der Waals surface area (Å²) in [5.41, 5.74) is 0.932. The Hall–Kier alpha value is -0.680. The molecule has 1 aliphatic heterocycles. The van der Waals surface area contributed by atoms with Crippen molar-refractivity contribution in [1.82, 2.24) is 4.98 Å². The molecule has 0 aromatic carbocycles. The molecule has 1 aromatic heterocycles. The quantitative estimate of drug-likeness (QED) is 0.445. The second-order valence-electron chi connectivity index (χ2n) is 3.63. The summed E-state index contributed by atoms with van der Waals surface area (Å²) in [6, 6.07) is 3.82. The number of hydrogen-bond donors (Lipinski definition) is 0. The summed E-state index contributed by atoms with van der Waals surface area (Å²) in [7, 11) is -2.39. The number of hydrogen-bond acceptors (Lipinski definition) is 4. The first-order valence-electron chi connectivity index (χ1n) is 4.89. The van der Waals surface area contributed by atoms with Gasteiger partial charge in [-0.1, -0.05) is 6.07 Å². The van der Waals surface area contributed by atoms with Gasteiger partial charge in [-0.3, -0.25) is 4.98 Å². The van der Waals surface area contributed by atoms with Gasteiger partial charge in [0, 0.05) is 11.9 Å². The highest BCUT2D eigenvalue weighted by Gasteiger charge is 2.31. The van der Waals surface area contributed by atoms with E-state index in [1.54, 1.807) is 12.4 Å². The Kier molecular flexibility index (Phi) is 3.44. The van der Waals surface area contributed by atoms with Gasteiger partial charge >= 0.3 is 0 Å². The number of aromatic nitrogens is 1. The van der Waals surface area contributed by atoms with Crippen molar-refractivity contribution >= 4 is 32.3 Å². The second-order valence-corrected chi connectivity index (χ2v) is 7.28. The Morgan fingerprint density at radius 3 is 3.06 bits per heavy atom. The first-order valence-corrected chi connectivity index (χ1v) is 7.71. The maximum atomic E-state index is 12.4. The standard InChI is InChI=1S/C10H10IN3OS/c11-10-4-3-8(6-13-10)9-2-1-5-16(9,15)14-7-12/h3-4,6,9H,1-2,5H2. The van der Waals surface area contributed by atoms with E-state index in [0.29, 0.717) is 5.75 Å². The molecule has 16 heavy (non-hydrogen) atoms. The van der Waals surface area contributed by atoms with Gasteiger partial charge in [-0.25, -0.2) is 4.21 Å². The van der Waals surface area contributed by atoms with Gasteiger partial charge in [-0.2, -0.15) is 5.26 Å². The van der Waals surface area contributed by atoms with Crippen molar-refractivity contribution in [2.45, 2.75) is 18.1 Å². The second kappa shape index (κ2) is 4.67. The highest BCUT2D eigenvalue weighted by molar-refractivity contribution is 14.1. The van der Waals surface area contributed by atoms with Crippen LogP contribution in [0.5, 0.6) is 0 Å². The average molecular weight is 347 g/mol. The third-order valence-corrected chi connectivity index (χ3v) is 5.96. The number of pyridine rings is 1. The summed E-state index contributed by atoms with van der Waals surface area (Å²) in [5, 5.41) is 8.46. The molecule has 1 fully saturated rings. The van der Waals surface area contributed by atoms with Gasteiger partial charge in [0.15, 0.2) is 0 Å². The van der Waals surface area contributed by atoms with E-state index in [4.69, 9.17) is 5.26 Å². The van der Waals surface area contributed by atoms with E-state index >= 15 is 0 Å². The highest BCUT2D eigenvalue weighted by Crippen LogP contribution is 2.35. The molecule has 1 saturated heterocycles. The van der Waals surface area contributed by atoms with Crippen molar-refractivity contribution in [2.24, 2.45) is 4.36 Å². The van der Waals surface area contributed by atoms with Crippen molar-refractivity contribution in [2.75, 3.05) is 5.75 Å². The predicted octanol–water partition coefficient (Wildman–Crippen LogP) is 2.47. The predicted molar refractivity (Wildman–Crippen MR) is 70.0 cm³/mol. The molecule has 4 nitrogen and oxygen atoms in total. The molecule has 0 aliphatic carbocycles. The Morgan fingerprint density at radius 2 is 2.44 bits per heavy atom. The van der Waals surface area contributed by atoms with Gasteiger partial charge in [0.1, 0.15) is 3.70 Å². The van der Waals surface area contributed by atoms with E-state index in [1.807, 2.05) is 12.1 Å². The molecule has 0 radical (unpaired) electrons. The fourth-order valence-corrected chi connectivity index (χ4v) is 4.58. The summed E-state index contributed by atoms with van der Waals surface area (Å²) in [6.07, 6.45) is 5.12. The normalized spacial score (nSPS) is 28.6. The summed E-state index contributed by atoms with van der Waals surface area (Å²) >= 11 is 2.13. The van der Waals surface area contributed by atoms with Gasteiger partial charge in [0.05, 0.1) is 15.0 Å². The van der Waals surface area contributed by atoms with Crippen LogP contribution < -0.4 is 0 Å². The minimum Gasteiger partial charge on any atom is -0.250 e. The van der Waals surface area contributed by atoms with Crippen LogP contribution in [0.4, 0.5) is 0 Å². The zero-order chi connectivity index (χ0) is 11.6. The maximum Gasteiger partial charge on any atom is 0.214 e. The molecule has 2 unspecified atom stereocenters. The summed E-state index contributed by atoms with van der Waals surface area (Å²) < 4.78 is 16.9. The third-order valence-electron chi connectivity index (χ3n) is 2.67. The zero-order valence-electron chi connectivity index (χ0n) is 8.47. The molecule has 1 aliphatic rings. The Bertz CT molecular complexity index is 540.